The lowest BCUT2D eigenvalue weighted by Crippen LogP contribution is -2.36. The summed E-state index contributed by atoms with van der Waals surface area (Å²) >= 11 is 1.33. The first-order valence-corrected chi connectivity index (χ1v) is 5.95. The Hall–Kier alpha value is -1.25. The summed E-state index contributed by atoms with van der Waals surface area (Å²) in [6.07, 6.45) is 0. The molecule has 1 heterocycles. The third kappa shape index (κ3) is 5.57. The van der Waals surface area contributed by atoms with Crippen molar-refractivity contribution in [3.63, 3.8) is 0 Å². The fourth-order valence-electron chi connectivity index (χ4n) is 1.21. The predicted octanol–water partition coefficient (Wildman–Crippen LogP) is -0.685. The lowest BCUT2D eigenvalue weighted by molar-refractivity contribution is -0.122. The van der Waals surface area contributed by atoms with Crippen molar-refractivity contribution in [3.05, 3.63) is 5.01 Å². The van der Waals surface area contributed by atoms with Crippen LogP contribution in [0.1, 0.15) is 5.01 Å². The minimum Gasteiger partial charge on any atom is -0.383 e. The van der Waals surface area contributed by atoms with Crippen molar-refractivity contribution in [1.82, 2.24) is 20.4 Å². The van der Waals surface area contributed by atoms with Crippen molar-refractivity contribution >= 4 is 22.4 Å². The smallest absolute Gasteiger partial charge is 0.234 e. The van der Waals surface area contributed by atoms with Crippen LogP contribution in [0.5, 0.6) is 0 Å². The lowest BCUT2D eigenvalue weighted by atomic mass is 10.5. The highest BCUT2D eigenvalue weighted by Gasteiger charge is 2.09. The number of hydrogen-bond acceptors (Lipinski definition) is 7. The van der Waals surface area contributed by atoms with Crippen molar-refractivity contribution in [2.24, 2.45) is 0 Å². The molecule has 0 atom stereocenters. The Morgan fingerprint density at radius 3 is 2.94 bits per heavy atom. The largest absolute Gasteiger partial charge is 0.383 e. The number of hydrogen-bond donors (Lipinski definition) is 2. The SMILES string of the molecule is COCCNC(=O)CN(C)Cc1nnc(N)s1. The first-order valence-electron chi connectivity index (χ1n) is 5.14. The van der Waals surface area contributed by atoms with Gasteiger partial charge in [-0.3, -0.25) is 9.69 Å². The highest BCUT2D eigenvalue weighted by molar-refractivity contribution is 7.15. The number of nitrogens with one attached hydrogen (secondary N) is 1. The predicted molar refractivity (Wildman–Crippen MR) is 65.5 cm³/mol. The van der Waals surface area contributed by atoms with Crippen molar-refractivity contribution in [1.29, 1.82) is 0 Å². The maximum atomic E-state index is 11.5. The number of amides is 1. The average molecular weight is 259 g/mol. The summed E-state index contributed by atoms with van der Waals surface area (Å²) in [5.74, 6) is -0.0398. The number of likely N-dealkylation sites (N-methyl/N-ethyl adjacent to an activating group) is 1. The molecular formula is C9H17N5O2S. The quantitative estimate of drug-likeness (QED) is 0.630. The molecule has 0 aliphatic heterocycles. The zero-order valence-electron chi connectivity index (χ0n) is 9.97. The minimum atomic E-state index is -0.0398. The number of methoxy groups -OCH3 is 1. The summed E-state index contributed by atoms with van der Waals surface area (Å²) in [5.41, 5.74) is 5.47. The van der Waals surface area contributed by atoms with Gasteiger partial charge in [0.1, 0.15) is 5.01 Å². The van der Waals surface area contributed by atoms with Crippen LogP contribution in [0.15, 0.2) is 0 Å². The first kappa shape index (κ1) is 13.8. The molecule has 0 aromatic carbocycles. The summed E-state index contributed by atoms with van der Waals surface area (Å²) in [7, 11) is 3.44. The third-order valence-corrected chi connectivity index (χ3v) is 2.67. The number of nitrogen functional groups attached to an aromatic ring is 1. The normalized spacial score (nSPS) is 10.8. The number of carbonyl (C=O) groups excluding carboxylic acids is 1. The molecule has 0 unspecified atom stereocenters. The number of aromatic nitrogens is 2. The summed E-state index contributed by atoms with van der Waals surface area (Å²) in [6.45, 7) is 1.91. The maximum Gasteiger partial charge on any atom is 0.234 e. The molecule has 1 aromatic rings. The van der Waals surface area contributed by atoms with Crippen LogP contribution >= 0.6 is 11.3 Å². The number of ether oxygens (including phenoxy) is 1. The third-order valence-electron chi connectivity index (χ3n) is 1.93. The van der Waals surface area contributed by atoms with Crippen LogP contribution in [0.4, 0.5) is 5.13 Å². The number of carbonyl (C=O) groups is 1. The Labute approximate surface area is 104 Å². The molecule has 1 amide bonds. The number of nitrogens with two attached hydrogens (primary N) is 1. The van der Waals surface area contributed by atoms with E-state index in [0.29, 0.717) is 31.4 Å². The molecule has 8 heteroatoms. The molecule has 0 fully saturated rings. The molecule has 0 spiro atoms. The number of anilines is 1. The van der Waals surface area contributed by atoms with Crippen LogP contribution in [0, 0.1) is 0 Å². The van der Waals surface area contributed by atoms with Crippen LogP contribution in [0.2, 0.25) is 0 Å². The second kappa shape index (κ2) is 7.15. The van der Waals surface area contributed by atoms with Crippen molar-refractivity contribution < 1.29 is 9.53 Å². The molecule has 7 nitrogen and oxygen atoms in total. The topological polar surface area (TPSA) is 93.4 Å². The van der Waals surface area contributed by atoms with Gasteiger partial charge >= 0.3 is 0 Å². The molecule has 96 valence electrons. The van der Waals surface area contributed by atoms with E-state index >= 15 is 0 Å². The Morgan fingerprint density at radius 2 is 2.35 bits per heavy atom. The van der Waals surface area contributed by atoms with E-state index in [0.717, 1.165) is 5.01 Å². The lowest BCUT2D eigenvalue weighted by Gasteiger charge is -2.14. The molecule has 1 aromatic heterocycles. The van der Waals surface area contributed by atoms with E-state index < -0.39 is 0 Å². The van der Waals surface area contributed by atoms with Crippen LogP contribution < -0.4 is 11.1 Å². The van der Waals surface area contributed by atoms with Gasteiger partial charge in [0.25, 0.3) is 0 Å². The highest BCUT2D eigenvalue weighted by atomic mass is 32.1. The van der Waals surface area contributed by atoms with Gasteiger partial charge in [-0.2, -0.15) is 0 Å². The molecule has 0 bridgehead atoms. The molecule has 0 saturated heterocycles. The van der Waals surface area contributed by atoms with Gasteiger partial charge in [-0.05, 0) is 7.05 Å². The Bertz CT molecular complexity index is 357. The second-order valence-corrected chi connectivity index (χ2v) is 4.64. The molecular weight excluding hydrogens is 242 g/mol. The van der Waals surface area contributed by atoms with E-state index in [1.807, 2.05) is 11.9 Å². The standard InChI is InChI=1S/C9H17N5O2S/c1-14(5-7(15)11-3-4-16-2)6-8-12-13-9(10)17-8/h3-6H2,1-2H3,(H2,10,13)(H,11,15). The first-order chi connectivity index (χ1) is 8.11. The van der Waals surface area contributed by atoms with Crippen LogP contribution in [0.3, 0.4) is 0 Å². The van der Waals surface area contributed by atoms with Gasteiger partial charge in [-0.1, -0.05) is 11.3 Å². The van der Waals surface area contributed by atoms with Gasteiger partial charge < -0.3 is 15.8 Å². The fourth-order valence-corrected chi connectivity index (χ4v) is 1.90. The minimum absolute atomic E-state index is 0.0398. The summed E-state index contributed by atoms with van der Waals surface area (Å²) < 4.78 is 4.84. The van der Waals surface area contributed by atoms with Gasteiger partial charge in [-0.25, -0.2) is 0 Å². The van der Waals surface area contributed by atoms with E-state index in [2.05, 4.69) is 15.5 Å². The highest BCUT2D eigenvalue weighted by Crippen LogP contribution is 2.12. The summed E-state index contributed by atoms with van der Waals surface area (Å²) in [6, 6.07) is 0. The van der Waals surface area contributed by atoms with Crippen LogP contribution in [0.25, 0.3) is 0 Å². The van der Waals surface area contributed by atoms with E-state index in [1.165, 1.54) is 11.3 Å². The Morgan fingerprint density at radius 1 is 1.59 bits per heavy atom. The molecule has 0 aliphatic rings. The van der Waals surface area contributed by atoms with E-state index in [1.54, 1.807) is 7.11 Å². The van der Waals surface area contributed by atoms with Gasteiger partial charge in [0.05, 0.1) is 19.7 Å². The maximum absolute atomic E-state index is 11.5. The Balaban J connectivity index is 2.24. The van der Waals surface area contributed by atoms with E-state index in [-0.39, 0.29) is 5.91 Å². The van der Waals surface area contributed by atoms with Crippen molar-refractivity contribution in [2.75, 3.05) is 39.6 Å². The monoisotopic (exact) mass is 259 g/mol. The fraction of sp³-hybridized carbons (Fsp3) is 0.667. The van der Waals surface area contributed by atoms with Crippen molar-refractivity contribution in [3.8, 4) is 0 Å². The average Bonchev–Trinajstić information content (AvgIpc) is 2.64. The zero-order valence-corrected chi connectivity index (χ0v) is 10.8. The van der Waals surface area contributed by atoms with E-state index in [9.17, 15) is 4.79 Å². The second-order valence-electron chi connectivity index (χ2n) is 3.55. The van der Waals surface area contributed by atoms with Gasteiger partial charge in [0, 0.05) is 13.7 Å². The number of rotatable bonds is 7. The molecule has 1 rings (SSSR count). The molecule has 0 saturated carbocycles. The summed E-state index contributed by atoms with van der Waals surface area (Å²) in [4.78, 5) is 13.3. The Kier molecular flexibility index (Phi) is 5.81. The molecule has 17 heavy (non-hydrogen) atoms. The van der Waals surface area contributed by atoms with Gasteiger partial charge in [0.15, 0.2) is 0 Å². The van der Waals surface area contributed by atoms with Crippen LogP contribution in [-0.4, -0.2) is 54.9 Å². The van der Waals surface area contributed by atoms with Crippen LogP contribution in [-0.2, 0) is 16.1 Å². The van der Waals surface area contributed by atoms with Gasteiger partial charge in [0.2, 0.25) is 11.0 Å². The summed E-state index contributed by atoms with van der Waals surface area (Å²) in [5, 5.41) is 11.6. The molecule has 3 N–H and O–H groups in total. The number of nitrogens with zero attached hydrogens (tertiary/aromatic N) is 3. The van der Waals surface area contributed by atoms with Crippen molar-refractivity contribution in [2.45, 2.75) is 6.54 Å². The molecule has 0 radical (unpaired) electrons. The van der Waals surface area contributed by atoms with Gasteiger partial charge in [-0.15, -0.1) is 10.2 Å². The zero-order chi connectivity index (χ0) is 12.7. The molecule has 0 aliphatic carbocycles. The van der Waals surface area contributed by atoms with E-state index in [4.69, 9.17) is 10.5 Å².